The van der Waals surface area contributed by atoms with E-state index in [1.807, 2.05) is 7.11 Å². The van der Waals surface area contributed by atoms with Crippen LogP contribution in [0.3, 0.4) is 0 Å². The largest absolute Gasteiger partial charge is 0.377 e. The van der Waals surface area contributed by atoms with Crippen molar-refractivity contribution < 1.29 is 4.74 Å². The van der Waals surface area contributed by atoms with Gasteiger partial charge in [-0.15, -0.1) is 0 Å². The molecule has 1 saturated carbocycles. The van der Waals surface area contributed by atoms with E-state index in [0.717, 1.165) is 12.6 Å². The van der Waals surface area contributed by atoms with Crippen LogP contribution in [0.25, 0.3) is 0 Å². The van der Waals surface area contributed by atoms with Crippen molar-refractivity contribution >= 4 is 0 Å². The Bertz CT molecular complexity index is 227. The minimum atomic E-state index is -0.0859. The van der Waals surface area contributed by atoms with Gasteiger partial charge in [0.1, 0.15) is 0 Å². The van der Waals surface area contributed by atoms with Crippen molar-refractivity contribution in [1.29, 1.82) is 0 Å². The normalized spacial score (nSPS) is 18.3. The van der Waals surface area contributed by atoms with Crippen LogP contribution in [0.4, 0.5) is 0 Å². The monoisotopic (exact) mass is 256 g/mol. The van der Waals surface area contributed by atoms with Gasteiger partial charge in [0.15, 0.2) is 0 Å². The van der Waals surface area contributed by atoms with Crippen LogP contribution in [0.2, 0.25) is 0 Å². The number of ether oxygens (including phenoxy) is 1. The van der Waals surface area contributed by atoms with Gasteiger partial charge in [0.05, 0.1) is 5.60 Å². The molecule has 1 N–H and O–H groups in total. The lowest BCUT2D eigenvalue weighted by molar-refractivity contribution is -0.0146. The highest BCUT2D eigenvalue weighted by atomic mass is 16.5. The van der Waals surface area contributed by atoms with Gasteiger partial charge in [-0.1, -0.05) is 13.8 Å². The van der Waals surface area contributed by atoms with Gasteiger partial charge in [-0.05, 0) is 52.6 Å². The van der Waals surface area contributed by atoms with Crippen LogP contribution in [-0.4, -0.2) is 49.3 Å². The number of rotatable bonds is 10. The first kappa shape index (κ1) is 15.9. The smallest absolute Gasteiger partial charge is 0.0775 e. The first-order chi connectivity index (χ1) is 8.55. The minimum Gasteiger partial charge on any atom is -0.377 e. The maximum Gasteiger partial charge on any atom is 0.0775 e. The summed E-state index contributed by atoms with van der Waals surface area (Å²) in [5, 5.41) is 3.58. The molecular weight excluding hydrogens is 224 g/mol. The molecule has 0 aromatic carbocycles. The Balaban J connectivity index is 2.44. The van der Waals surface area contributed by atoms with Crippen molar-refractivity contribution in [1.82, 2.24) is 10.2 Å². The molecule has 18 heavy (non-hydrogen) atoms. The number of likely N-dealkylation sites (N-methyl/N-ethyl adjacent to an activating group) is 1. The van der Waals surface area contributed by atoms with E-state index >= 15 is 0 Å². The molecule has 0 saturated heterocycles. The fourth-order valence-electron chi connectivity index (χ4n) is 2.58. The fourth-order valence-corrected chi connectivity index (χ4v) is 2.58. The van der Waals surface area contributed by atoms with Crippen LogP contribution in [0.1, 0.15) is 53.4 Å². The molecule has 0 radical (unpaired) electrons. The maximum atomic E-state index is 5.64. The van der Waals surface area contributed by atoms with E-state index in [9.17, 15) is 0 Å². The molecule has 1 fully saturated rings. The second kappa shape index (κ2) is 7.46. The molecule has 0 aromatic rings. The third kappa shape index (κ3) is 4.87. The lowest BCUT2D eigenvalue weighted by atomic mass is 9.95. The molecule has 0 amide bonds. The highest BCUT2D eigenvalue weighted by molar-refractivity contribution is 4.89. The summed E-state index contributed by atoms with van der Waals surface area (Å²) >= 11 is 0. The molecular formula is C15H32N2O. The third-order valence-electron chi connectivity index (χ3n) is 4.09. The number of nitrogens with one attached hydrogen (secondary N) is 1. The van der Waals surface area contributed by atoms with Crippen LogP contribution < -0.4 is 5.32 Å². The zero-order valence-corrected chi connectivity index (χ0v) is 13.0. The molecule has 0 heterocycles. The molecule has 0 aromatic heterocycles. The summed E-state index contributed by atoms with van der Waals surface area (Å²) in [6.45, 7) is 12.3. The van der Waals surface area contributed by atoms with E-state index in [1.165, 1.54) is 38.8 Å². The van der Waals surface area contributed by atoms with Crippen LogP contribution in [-0.2, 0) is 4.74 Å². The van der Waals surface area contributed by atoms with E-state index in [2.05, 4.69) is 37.9 Å². The van der Waals surface area contributed by atoms with Crippen molar-refractivity contribution in [2.45, 2.75) is 71.1 Å². The van der Waals surface area contributed by atoms with Gasteiger partial charge in [-0.3, -0.25) is 0 Å². The molecule has 1 atom stereocenters. The Morgan fingerprint density at radius 1 is 1.28 bits per heavy atom. The predicted octanol–water partition coefficient (Wildman–Crippen LogP) is 2.65. The average molecular weight is 256 g/mol. The summed E-state index contributed by atoms with van der Waals surface area (Å²) in [7, 11) is 1.81. The van der Waals surface area contributed by atoms with Crippen LogP contribution in [0, 0.1) is 0 Å². The Morgan fingerprint density at radius 3 is 2.39 bits per heavy atom. The Kier molecular flexibility index (Phi) is 6.61. The Hall–Kier alpha value is -0.120. The van der Waals surface area contributed by atoms with E-state index in [1.54, 1.807) is 0 Å². The second-order valence-electron chi connectivity index (χ2n) is 5.97. The number of hydrogen-bond acceptors (Lipinski definition) is 3. The summed E-state index contributed by atoms with van der Waals surface area (Å²) in [6, 6.07) is 1.31. The quantitative estimate of drug-likeness (QED) is 0.650. The summed E-state index contributed by atoms with van der Waals surface area (Å²) in [6.07, 6.45) is 5.24. The van der Waals surface area contributed by atoms with Crippen LogP contribution in [0.15, 0.2) is 0 Å². The zero-order chi connectivity index (χ0) is 13.6. The van der Waals surface area contributed by atoms with E-state index in [-0.39, 0.29) is 5.60 Å². The molecule has 1 aliphatic carbocycles. The van der Waals surface area contributed by atoms with Gasteiger partial charge < -0.3 is 15.0 Å². The van der Waals surface area contributed by atoms with Crippen LogP contribution >= 0.6 is 0 Å². The first-order valence-corrected chi connectivity index (χ1v) is 7.57. The molecule has 0 aliphatic heterocycles. The summed E-state index contributed by atoms with van der Waals surface area (Å²) < 4.78 is 5.64. The molecule has 3 nitrogen and oxygen atoms in total. The van der Waals surface area contributed by atoms with Gasteiger partial charge in [-0.2, -0.15) is 0 Å². The van der Waals surface area contributed by atoms with Gasteiger partial charge in [-0.25, -0.2) is 0 Å². The van der Waals surface area contributed by atoms with Gasteiger partial charge >= 0.3 is 0 Å². The topological polar surface area (TPSA) is 24.5 Å². The van der Waals surface area contributed by atoms with Crippen molar-refractivity contribution in [3.05, 3.63) is 0 Å². The number of hydrogen-bond donors (Lipinski definition) is 1. The molecule has 108 valence electrons. The van der Waals surface area contributed by atoms with Crippen molar-refractivity contribution in [3.8, 4) is 0 Å². The minimum absolute atomic E-state index is 0.0859. The average Bonchev–Trinajstić information content (AvgIpc) is 3.16. The van der Waals surface area contributed by atoms with Crippen molar-refractivity contribution in [3.63, 3.8) is 0 Å². The Morgan fingerprint density at radius 2 is 1.94 bits per heavy atom. The first-order valence-electron chi connectivity index (χ1n) is 7.57. The summed E-state index contributed by atoms with van der Waals surface area (Å²) in [5.41, 5.74) is -0.0859. The van der Waals surface area contributed by atoms with Gasteiger partial charge in [0, 0.05) is 25.7 Å². The number of nitrogens with zero attached hydrogens (tertiary/aromatic N) is 1. The Labute approximate surface area is 113 Å². The van der Waals surface area contributed by atoms with Crippen molar-refractivity contribution in [2.24, 2.45) is 0 Å². The van der Waals surface area contributed by atoms with Crippen molar-refractivity contribution in [2.75, 3.05) is 26.7 Å². The molecule has 0 bridgehead atoms. The third-order valence-corrected chi connectivity index (χ3v) is 4.09. The highest BCUT2D eigenvalue weighted by Crippen LogP contribution is 2.28. The lowest BCUT2D eigenvalue weighted by Crippen LogP contribution is -2.49. The predicted molar refractivity (Wildman–Crippen MR) is 78.1 cm³/mol. The number of methoxy groups -OCH3 is 1. The van der Waals surface area contributed by atoms with E-state index in [4.69, 9.17) is 4.74 Å². The molecule has 3 heteroatoms. The standard InChI is InChI=1S/C15H32N2O/c1-6-11-17(13-8-9-13)12-10-14(16-7-2)15(3,4)18-5/h13-14,16H,6-12H2,1-5H3. The molecule has 1 aliphatic rings. The molecule has 1 unspecified atom stereocenters. The summed E-state index contributed by atoms with van der Waals surface area (Å²) in [5.74, 6) is 0. The highest BCUT2D eigenvalue weighted by Gasteiger charge is 2.32. The molecule has 1 rings (SSSR count). The van der Waals surface area contributed by atoms with Gasteiger partial charge in [0.25, 0.3) is 0 Å². The zero-order valence-electron chi connectivity index (χ0n) is 13.0. The summed E-state index contributed by atoms with van der Waals surface area (Å²) in [4.78, 5) is 2.66. The lowest BCUT2D eigenvalue weighted by Gasteiger charge is -2.35. The fraction of sp³-hybridized carbons (Fsp3) is 1.00. The SMILES string of the molecule is CCCN(CCC(NCC)C(C)(C)OC)C1CC1. The van der Waals surface area contributed by atoms with Gasteiger partial charge in [0.2, 0.25) is 0 Å². The van der Waals surface area contributed by atoms with E-state index < -0.39 is 0 Å². The maximum absolute atomic E-state index is 5.64. The van der Waals surface area contributed by atoms with E-state index in [0.29, 0.717) is 6.04 Å². The van der Waals surface area contributed by atoms with Crippen LogP contribution in [0.5, 0.6) is 0 Å². The molecule has 0 spiro atoms. The second-order valence-corrected chi connectivity index (χ2v) is 5.97.